The molecule has 140 valence electrons. The number of hydrogen-bond donors (Lipinski definition) is 1. The number of carbonyl (C=O) groups is 1. The average molecular weight is 378 g/mol. The predicted octanol–water partition coefficient (Wildman–Crippen LogP) is 4.95. The minimum atomic E-state index is -0.139. The van der Waals surface area contributed by atoms with Gasteiger partial charge in [-0.1, -0.05) is 60.7 Å². The van der Waals surface area contributed by atoms with Gasteiger partial charge in [0.1, 0.15) is 6.54 Å². The summed E-state index contributed by atoms with van der Waals surface area (Å²) in [5, 5.41) is 6.34. The minimum Gasteiger partial charge on any atom is -0.331 e. The highest BCUT2D eigenvalue weighted by Crippen LogP contribution is 2.24. The Labute approximate surface area is 167 Å². The summed E-state index contributed by atoms with van der Waals surface area (Å²) in [7, 11) is 0. The molecular weight excluding hydrogens is 360 g/mol. The Morgan fingerprint density at radius 2 is 1.24 bits per heavy atom. The number of amides is 1. The van der Waals surface area contributed by atoms with Gasteiger partial charge in [-0.2, -0.15) is 0 Å². The number of para-hydroxylation sites is 2. The van der Waals surface area contributed by atoms with E-state index in [2.05, 4.69) is 5.32 Å². The van der Waals surface area contributed by atoms with Gasteiger partial charge in [-0.15, -0.1) is 0 Å². The summed E-state index contributed by atoms with van der Waals surface area (Å²) in [5.41, 5.74) is 2.28. The van der Waals surface area contributed by atoms with Crippen LogP contribution in [0.2, 0.25) is 0 Å². The van der Waals surface area contributed by atoms with E-state index < -0.39 is 0 Å². The van der Waals surface area contributed by atoms with Crippen LogP contribution in [-0.4, -0.2) is 10.5 Å². The summed E-state index contributed by atoms with van der Waals surface area (Å²) >= 11 is 0. The summed E-state index contributed by atoms with van der Waals surface area (Å²) in [5.74, 6) is -0.139. The molecule has 5 aromatic rings. The second kappa shape index (κ2) is 6.91. The van der Waals surface area contributed by atoms with E-state index in [0.29, 0.717) is 10.8 Å². The minimum absolute atomic E-state index is 0.0121. The number of hydrogen-bond acceptors (Lipinski definition) is 2. The van der Waals surface area contributed by atoms with Gasteiger partial charge in [-0.05, 0) is 35.7 Å². The first-order valence-corrected chi connectivity index (χ1v) is 9.50. The van der Waals surface area contributed by atoms with Crippen molar-refractivity contribution in [3.8, 4) is 0 Å². The van der Waals surface area contributed by atoms with Crippen LogP contribution >= 0.6 is 0 Å². The quantitative estimate of drug-likeness (QED) is 0.452. The molecule has 4 aromatic carbocycles. The lowest BCUT2D eigenvalue weighted by molar-refractivity contribution is -0.116. The van der Waals surface area contributed by atoms with Gasteiger partial charge in [0.05, 0.1) is 11.0 Å². The highest BCUT2D eigenvalue weighted by Gasteiger charge is 2.13. The van der Waals surface area contributed by atoms with E-state index in [1.807, 2.05) is 95.6 Å². The van der Waals surface area contributed by atoms with Crippen LogP contribution in [0, 0.1) is 0 Å². The summed E-state index contributed by atoms with van der Waals surface area (Å²) in [4.78, 5) is 25.8. The Hall–Kier alpha value is -3.92. The van der Waals surface area contributed by atoms with E-state index in [1.54, 1.807) is 0 Å². The van der Waals surface area contributed by atoms with Gasteiger partial charge >= 0.3 is 0 Å². The number of pyridine rings is 1. The van der Waals surface area contributed by atoms with E-state index in [4.69, 9.17) is 0 Å². The molecule has 5 rings (SSSR count). The monoisotopic (exact) mass is 378 g/mol. The highest BCUT2D eigenvalue weighted by molar-refractivity contribution is 6.03. The summed E-state index contributed by atoms with van der Waals surface area (Å²) < 4.78 is 1.91. The second-order valence-corrected chi connectivity index (χ2v) is 7.02. The van der Waals surface area contributed by atoms with Crippen molar-refractivity contribution in [2.75, 3.05) is 5.32 Å². The van der Waals surface area contributed by atoms with Crippen LogP contribution in [0.15, 0.2) is 95.8 Å². The normalized spacial score (nSPS) is 11.2. The molecule has 0 radical (unpaired) electrons. The fourth-order valence-corrected chi connectivity index (χ4v) is 3.91. The maximum absolute atomic E-state index is 13.0. The molecule has 4 heteroatoms. The lowest BCUT2D eigenvalue weighted by Crippen LogP contribution is -2.21. The zero-order valence-electron chi connectivity index (χ0n) is 15.6. The third-order valence-corrected chi connectivity index (χ3v) is 5.24. The molecule has 0 fully saturated rings. The molecule has 0 aliphatic rings. The van der Waals surface area contributed by atoms with Gasteiger partial charge in [0.25, 0.3) is 0 Å². The van der Waals surface area contributed by atoms with Crippen molar-refractivity contribution < 1.29 is 4.79 Å². The first-order valence-electron chi connectivity index (χ1n) is 9.50. The third-order valence-electron chi connectivity index (χ3n) is 5.24. The standard InChI is InChI=1S/C25H18N2O2/c28-24(26-21-13-7-9-17-8-1-2-10-18(17)21)16-27-22-14-5-3-11-19(22)25(29)20-12-4-6-15-23(20)27/h1-15H,16H2,(H,26,28). The molecule has 1 N–H and O–H groups in total. The van der Waals surface area contributed by atoms with Crippen molar-refractivity contribution in [3.63, 3.8) is 0 Å². The molecule has 0 bridgehead atoms. The first kappa shape index (κ1) is 17.2. The molecule has 1 amide bonds. The van der Waals surface area contributed by atoms with Crippen molar-refractivity contribution in [1.29, 1.82) is 0 Å². The van der Waals surface area contributed by atoms with E-state index in [0.717, 1.165) is 27.5 Å². The Morgan fingerprint density at radius 3 is 1.93 bits per heavy atom. The first-order chi connectivity index (χ1) is 14.2. The van der Waals surface area contributed by atoms with Gasteiger partial charge < -0.3 is 9.88 Å². The van der Waals surface area contributed by atoms with E-state index in [9.17, 15) is 9.59 Å². The fourth-order valence-electron chi connectivity index (χ4n) is 3.91. The number of nitrogens with one attached hydrogen (secondary N) is 1. The van der Waals surface area contributed by atoms with Gasteiger partial charge in [0.2, 0.25) is 5.91 Å². The molecule has 4 nitrogen and oxygen atoms in total. The zero-order valence-corrected chi connectivity index (χ0v) is 15.6. The van der Waals surface area contributed by atoms with E-state index >= 15 is 0 Å². The Balaban J connectivity index is 1.60. The van der Waals surface area contributed by atoms with E-state index in [-0.39, 0.29) is 17.9 Å². The molecule has 0 atom stereocenters. The number of nitrogens with zero attached hydrogens (tertiary/aromatic N) is 1. The zero-order chi connectivity index (χ0) is 19.8. The second-order valence-electron chi connectivity index (χ2n) is 7.02. The number of rotatable bonds is 3. The summed E-state index contributed by atoms with van der Waals surface area (Å²) in [6, 6.07) is 28.7. The van der Waals surface area contributed by atoms with Gasteiger partial charge in [-0.25, -0.2) is 0 Å². The van der Waals surface area contributed by atoms with Crippen LogP contribution in [0.3, 0.4) is 0 Å². The topological polar surface area (TPSA) is 51.1 Å². The predicted molar refractivity (Wildman–Crippen MR) is 118 cm³/mol. The molecule has 1 aromatic heterocycles. The van der Waals surface area contributed by atoms with Crippen LogP contribution in [0.1, 0.15) is 0 Å². The summed E-state index contributed by atoms with van der Waals surface area (Å²) in [6.45, 7) is 0.116. The fraction of sp³-hybridized carbons (Fsp3) is 0.0400. The van der Waals surface area contributed by atoms with Crippen molar-refractivity contribution in [1.82, 2.24) is 4.57 Å². The van der Waals surface area contributed by atoms with Crippen LogP contribution in [0.25, 0.3) is 32.6 Å². The molecule has 0 unspecified atom stereocenters. The van der Waals surface area contributed by atoms with Crippen molar-refractivity contribution in [2.45, 2.75) is 6.54 Å². The number of fused-ring (bicyclic) bond motifs is 3. The van der Waals surface area contributed by atoms with Crippen LogP contribution in [-0.2, 0) is 11.3 Å². The Kier molecular flexibility index (Phi) is 4.10. The highest BCUT2D eigenvalue weighted by atomic mass is 16.2. The van der Waals surface area contributed by atoms with Gasteiger partial charge in [0, 0.05) is 21.8 Å². The lowest BCUT2D eigenvalue weighted by Gasteiger charge is -2.15. The molecule has 0 spiro atoms. The van der Waals surface area contributed by atoms with Crippen LogP contribution < -0.4 is 10.7 Å². The van der Waals surface area contributed by atoms with E-state index in [1.165, 1.54) is 0 Å². The van der Waals surface area contributed by atoms with Gasteiger partial charge in [-0.3, -0.25) is 9.59 Å². The maximum atomic E-state index is 13.0. The molecule has 0 saturated heterocycles. The van der Waals surface area contributed by atoms with Crippen molar-refractivity contribution in [2.24, 2.45) is 0 Å². The molecular formula is C25H18N2O2. The molecule has 0 aliphatic heterocycles. The SMILES string of the molecule is O=C(Cn1c2ccccc2c(=O)c2ccccc21)Nc1cccc2ccccc12. The molecule has 0 saturated carbocycles. The average Bonchev–Trinajstić information content (AvgIpc) is 2.77. The van der Waals surface area contributed by atoms with Gasteiger partial charge in [0.15, 0.2) is 5.43 Å². The van der Waals surface area contributed by atoms with Crippen LogP contribution in [0.5, 0.6) is 0 Å². The van der Waals surface area contributed by atoms with Crippen LogP contribution in [0.4, 0.5) is 5.69 Å². The number of carbonyl (C=O) groups excluding carboxylic acids is 1. The summed E-state index contributed by atoms with van der Waals surface area (Å²) in [6.07, 6.45) is 0. The molecule has 0 aliphatic carbocycles. The third kappa shape index (κ3) is 2.95. The molecule has 29 heavy (non-hydrogen) atoms. The maximum Gasteiger partial charge on any atom is 0.244 e. The molecule has 1 heterocycles. The van der Waals surface area contributed by atoms with Crippen molar-refractivity contribution >= 4 is 44.2 Å². The largest absolute Gasteiger partial charge is 0.331 e. The Bertz CT molecular complexity index is 1380. The number of benzene rings is 4. The smallest absolute Gasteiger partial charge is 0.244 e. The Morgan fingerprint density at radius 1 is 0.690 bits per heavy atom. The number of anilines is 1. The van der Waals surface area contributed by atoms with Crippen molar-refractivity contribution in [3.05, 3.63) is 101 Å². The number of aromatic nitrogens is 1. The lowest BCUT2D eigenvalue weighted by atomic mass is 10.1.